The molecule has 4 N–H and O–H groups in total. The topological polar surface area (TPSA) is 66.5 Å². The van der Waals surface area contributed by atoms with Gasteiger partial charge in [0.05, 0.1) is 23.3 Å². The first-order chi connectivity index (χ1) is 20.3. The van der Waals surface area contributed by atoms with Gasteiger partial charge in [-0.2, -0.15) is 26.3 Å². The van der Waals surface area contributed by atoms with Gasteiger partial charge < -0.3 is 15.9 Å². The molecule has 4 atom stereocenters. The number of alkyl halides is 6. The number of allylic oxidation sites excluding steroid dienone is 2. The molecule has 0 saturated heterocycles. The Hall–Kier alpha value is -3.56. The van der Waals surface area contributed by atoms with Gasteiger partial charge in [0.25, 0.3) is 0 Å². The zero-order valence-corrected chi connectivity index (χ0v) is 23.0. The van der Waals surface area contributed by atoms with Gasteiger partial charge in [0.2, 0.25) is 0 Å². The van der Waals surface area contributed by atoms with Crippen molar-refractivity contribution in [2.75, 3.05) is 5.73 Å². The number of rotatable bonds is 2. The number of halogens is 6. The minimum atomic E-state index is -4.52. The molecule has 4 aliphatic carbocycles. The van der Waals surface area contributed by atoms with Crippen LogP contribution in [0.3, 0.4) is 0 Å². The Balaban J connectivity index is 1.40. The second-order valence-corrected chi connectivity index (χ2v) is 12.0. The molecule has 4 aliphatic rings. The van der Waals surface area contributed by atoms with E-state index in [1.54, 1.807) is 12.1 Å². The zero-order valence-electron chi connectivity index (χ0n) is 23.0. The number of fused-ring (bicyclic) bond motifs is 4. The van der Waals surface area contributed by atoms with Crippen molar-refractivity contribution in [1.29, 1.82) is 0 Å². The van der Waals surface area contributed by atoms with Crippen molar-refractivity contribution in [2.45, 2.75) is 74.9 Å². The van der Waals surface area contributed by atoms with E-state index in [9.17, 15) is 36.6 Å². The fourth-order valence-electron chi connectivity index (χ4n) is 7.80. The maximum Gasteiger partial charge on any atom is 0.416 e. The minimum absolute atomic E-state index is 0.398. The summed E-state index contributed by atoms with van der Waals surface area (Å²) in [5, 5.41) is 22.3. The molecule has 0 fully saturated rings. The average molecular weight is 598 g/mol. The van der Waals surface area contributed by atoms with E-state index < -0.39 is 47.5 Å². The van der Waals surface area contributed by atoms with Crippen LogP contribution in [0.25, 0.3) is 11.1 Å². The zero-order chi connectivity index (χ0) is 30.4. The third-order valence-electron chi connectivity index (χ3n) is 9.63. The Morgan fingerprint density at radius 3 is 1.60 bits per heavy atom. The summed E-state index contributed by atoms with van der Waals surface area (Å²) in [7, 11) is 0. The molecule has 0 saturated carbocycles. The summed E-state index contributed by atoms with van der Waals surface area (Å²) >= 11 is 0. The fraction of sp³-hybridized carbons (Fsp3) is 0.353. The SMILES string of the molecule is Nc1ccc(C2C3=C(CCCC3O)c3cc(C(F)(F)F)ccc32)cc1C1C2=C(CCCC2O)c2cc(C(F)(F)F)ccc21. The molecule has 3 nitrogen and oxygen atoms in total. The van der Waals surface area contributed by atoms with Crippen LogP contribution in [0.5, 0.6) is 0 Å². The summed E-state index contributed by atoms with van der Waals surface area (Å²) in [6, 6.07) is 12.8. The Morgan fingerprint density at radius 1 is 0.605 bits per heavy atom. The summed E-state index contributed by atoms with van der Waals surface area (Å²) in [4.78, 5) is 0. The molecule has 4 unspecified atom stereocenters. The van der Waals surface area contributed by atoms with E-state index >= 15 is 0 Å². The van der Waals surface area contributed by atoms with Gasteiger partial charge in [0.1, 0.15) is 0 Å². The van der Waals surface area contributed by atoms with Crippen LogP contribution in [0.1, 0.15) is 94.9 Å². The van der Waals surface area contributed by atoms with Crippen LogP contribution < -0.4 is 5.73 Å². The number of nitrogens with two attached hydrogens (primary N) is 1. The fourth-order valence-corrected chi connectivity index (χ4v) is 7.80. The van der Waals surface area contributed by atoms with Gasteiger partial charge in [-0.25, -0.2) is 0 Å². The number of hydrogen-bond donors (Lipinski definition) is 3. The highest BCUT2D eigenvalue weighted by molar-refractivity contribution is 5.84. The van der Waals surface area contributed by atoms with E-state index in [0.717, 1.165) is 29.3 Å². The molecule has 0 bridgehead atoms. The monoisotopic (exact) mass is 597 g/mol. The first kappa shape index (κ1) is 28.2. The van der Waals surface area contributed by atoms with Crippen LogP contribution in [0.15, 0.2) is 65.7 Å². The van der Waals surface area contributed by atoms with Crippen molar-refractivity contribution in [3.63, 3.8) is 0 Å². The molecular formula is C34H29F6NO2. The maximum atomic E-state index is 13.7. The van der Waals surface area contributed by atoms with Crippen molar-refractivity contribution < 1.29 is 36.6 Å². The molecule has 0 aromatic heterocycles. The standard InChI is InChI=1S/C34H29F6NO2/c35-33(36,37)17-8-10-21-23(14-17)19-3-1-5-27(42)31(19)29(21)16-7-12-26(41)25(13-16)30-22-11-9-18(34(38,39)40)15-24(22)20-4-2-6-28(43)32(20)30/h7-15,27-30,42-43H,1-6,41H2. The van der Waals surface area contributed by atoms with Gasteiger partial charge in [-0.15, -0.1) is 0 Å². The Bertz CT molecular complexity index is 1720. The predicted octanol–water partition coefficient (Wildman–Crippen LogP) is 8.19. The first-order valence-corrected chi connectivity index (χ1v) is 14.5. The highest BCUT2D eigenvalue weighted by atomic mass is 19.4. The predicted molar refractivity (Wildman–Crippen MR) is 151 cm³/mol. The van der Waals surface area contributed by atoms with E-state index in [1.807, 2.05) is 6.07 Å². The third-order valence-corrected chi connectivity index (χ3v) is 9.63. The Kier molecular flexibility index (Phi) is 6.38. The first-order valence-electron chi connectivity index (χ1n) is 14.5. The lowest BCUT2D eigenvalue weighted by atomic mass is 9.78. The van der Waals surface area contributed by atoms with Crippen molar-refractivity contribution in [1.82, 2.24) is 0 Å². The van der Waals surface area contributed by atoms with E-state index in [2.05, 4.69) is 0 Å². The smallest absolute Gasteiger partial charge is 0.398 e. The molecule has 0 radical (unpaired) electrons. The van der Waals surface area contributed by atoms with Crippen molar-refractivity contribution >= 4 is 16.8 Å². The van der Waals surface area contributed by atoms with Gasteiger partial charge in [-0.1, -0.05) is 24.3 Å². The summed E-state index contributed by atoms with van der Waals surface area (Å²) in [5.41, 5.74) is 11.9. The molecule has 3 aromatic carbocycles. The Labute approximate surface area is 244 Å². The van der Waals surface area contributed by atoms with Gasteiger partial charge in [0.15, 0.2) is 0 Å². The summed E-state index contributed by atoms with van der Waals surface area (Å²) in [6.45, 7) is 0. The minimum Gasteiger partial charge on any atom is -0.398 e. The van der Waals surface area contributed by atoms with Crippen LogP contribution in [0, 0.1) is 0 Å². The highest BCUT2D eigenvalue weighted by Gasteiger charge is 2.43. The maximum absolute atomic E-state index is 13.7. The summed E-state index contributed by atoms with van der Waals surface area (Å²) < 4.78 is 82.0. The van der Waals surface area contributed by atoms with Crippen molar-refractivity contribution in [3.8, 4) is 0 Å². The van der Waals surface area contributed by atoms with E-state index in [4.69, 9.17) is 5.73 Å². The number of anilines is 1. The van der Waals surface area contributed by atoms with Crippen molar-refractivity contribution in [2.24, 2.45) is 0 Å². The summed E-state index contributed by atoms with van der Waals surface area (Å²) in [6.07, 6.45) is -7.33. The van der Waals surface area contributed by atoms with Crippen LogP contribution in [0.2, 0.25) is 0 Å². The third kappa shape index (κ3) is 4.42. The second-order valence-electron chi connectivity index (χ2n) is 12.0. The molecule has 7 rings (SSSR count). The quantitative estimate of drug-likeness (QED) is 0.206. The van der Waals surface area contributed by atoms with Crippen molar-refractivity contribution in [3.05, 3.63) is 110 Å². The van der Waals surface area contributed by atoms with Crippen LogP contribution in [-0.4, -0.2) is 22.4 Å². The Morgan fingerprint density at radius 2 is 1.09 bits per heavy atom. The van der Waals surface area contributed by atoms with Gasteiger partial charge in [-0.05, 0) is 125 Å². The molecule has 0 spiro atoms. The second kappa shape index (κ2) is 9.72. The van der Waals surface area contributed by atoms with E-state index in [0.29, 0.717) is 88.7 Å². The molecule has 9 heteroatoms. The number of hydrogen-bond acceptors (Lipinski definition) is 3. The highest BCUT2D eigenvalue weighted by Crippen LogP contribution is 2.56. The summed E-state index contributed by atoms with van der Waals surface area (Å²) in [5.74, 6) is -1.07. The van der Waals surface area contributed by atoms with E-state index in [1.165, 1.54) is 18.2 Å². The molecule has 0 heterocycles. The number of nitrogen functional groups attached to an aromatic ring is 1. The lowest BCUT2D eigenvalue weighted by Crippen LogP contribution is -2.21. The molecule has 0 amide bonds. The molecule has 224 valence electrons. The van der Waals surface area contributed by atoms with Crippen LogP contribution in [-0.2, 0) is 12.4 Å². The molecule has 0 aliphatic heterocycles. The number of aliphatic hydroxyl groups is 2. The van der Waals surface area contributed by atoms with Crippen LogP contribution >= 0.6 is 0 Å². The molecular weight excluding hydrogens is 568 g/mol. The number of aliphatic hydroxyl groups excluding tert-OH is 2. The van der Waals surface area contributed by atoms with Crippen LogP contribution in [0.4, 0.5) is 32.0 Å². The molecule has 3 aromatic rings. The van der Waals surface area contributed by atoms with Gasteiger partial charge in [0, 0.05) is 17.5 Å². The lowest BCUT2D eigenvalue weighted by molar-refractivity contribution is -0.138. The average Bonchev–Trinajstić information content (AvgIpc) is 3.47. The van der Waals surface area contributed by atoms with E-state index in [-0.39, 0.29) is 0 Å². The normalized spacial score (nSPS) is 25.0. The van der Waals surface area contributed by atoms with Gasteiger partial charge in [-0.3, -0.25) is 0 Å². The largest absolute Gasteiger partial charge is 0.416 e. The number of benzene rings is 3. The lowest BCUT2D eigenvalue weighted by Gasteiger charge is -2.29. The molecule has 43 heavy (non-hydrogen) atoms. The van der Waals surface area contributed by atoms with Gasteiger partial charge >= 0.3 is 12.4 Å².